The molecule has 4 heteroatoms. The van der Waals surface area contributed by atoms with E-state index in [4.69, 9.17) is 4.42 Å². The molecule has 0 unspecified atom stereocenters. The highest BCUT2D eigenvalue weighted by molar-refractivity contribution is 6.04. The number of benzene rings is 1. The monoisotopic (exact) mass is 227 g/mol. The first kappa shape index (κ1) is 9.84. The molecule has 1 N–H and O–H groups in total. The van der Waals surface area contributed by atoms with Crippen molar-refractivity contribution < 1.29 is 9.52 Å². The Morgan fingerprint density at radius 1 is 1.18 bits per heavy atom. The molecule has 2 heterocycles. The second kappa shape index (κ2) is 3.31. The van der Waals surface area contributed by atoms with Crippen LogP contribution >= 0.6 is 0 Å². The van der Waals surface area contributed by atoms with Gasteiger partial charge >= 0.3 is 5.63 Å². The molecule has 84 valence electrons. The summed E-state index contributed by atoms with van der Waals surface area (Å²) >= 11 is 0. The van der Waals surface area contributed by atoms with Crippen molar-refractivity contribution in [3.8, 4) is 5.75 Å². The van der Waals surface area contributed by atoms with E-state index in [2.05, 4.69) is 4.98 Å². The van der Waals surface area contributed by atoms with Gasteiger partial charge in [-0.15, -0.1) is 0 Å². The molecule has 0 atom stereocenters. The Morgan fingerprint density at radius 2 is 2.00 bits per heavy atom. The molecule has 0 aliphatic rings. The van der Waals surface area contributed by atoms with E-state index in [1.165, 1.54) is 6.07 Å². The van der Waals surface area contributed by atoms with Gasteiger partial charge in [0.15, 0.2) is 0 Å². The summed E-state index contributed by atoms with van der Waals surface area (Å²) in [5, 5.41) is 11.4. The summed E-state index contributed by atoms with van der Waals surface area (Å²) < 4.78 is 5.17. The summed E-state index contributed by atoms with van der Waals surface area (Å²) in [6.07, 6.45) is 1.65. The molecule has 0 saturated heterocycles. The summed E-state index contributed by atoms with van der Waals surface area (Å²) in [5.41, 5.74) is 0.722. The van der Waals surface area contributed by atoms with E-state index in [-0.39, 0.29) is 5.75 Å². The van der Waals surface area contributed by atoms with Crippen molar-refractivity contribution in [3.05, 3.63) is 46.6 Å². The quantitative estimate of drug-likeness (QED) is 0.473. The number of hydrogen-bond acceptors (Lipinski definition) is 4. The molecule has 0 aliphatic heterocycles. The zero-order valence-corrected chi connectivity index (χ0v) is 9.10. The lowest BCUT2D eigenvalue weighted by atomic mass is 10.1. The number of fused-ring (bicyclic) bond motifs is 3. The van der Waals surface area contributed by atoms with Gasteiger partial charge in [0.2, 0.25) is 0 Å². The van der Waals surface area contributed by atoms with E-state index in [1.54, 1.807) is 24.4 Å². The van der Waals surface area contributed by atoms with E-state index in [1.807, 2.05) is 6.92 Å². The van der Waals surface area contributed by atoms with Crippen LogP contribution in [0.2, 0.25) is 0 Å². The maximum Gasteiger partial charge on any atom is 0.344 e. The predicted molar refractivity (Wildman–Crippen MR) is 64.2 cm³/mol. The van der Waals surface area contributed by atoms with Crippen LogP contribution in [-0.2, 0) is 0 Å². The molecule has 0 aliphatic carbocycles. The number of aromatic nitrogens is 1. The third-order valence-electron chi connectivity index (χ3n) is 2.72. The number of nitrogens with zero attached hydrogens (tertiary/aromatic N) is 1. The molecule has 17 heavy (non-hydrogen) atoms. The van der Waals surface area contributed by atoms with Crippen LogP contribution in [0, 0.1) is 6.92 Å². The average molecular weight is 227 g/mol. The van der Waals surface area contributed by atoms with E-state index in [9.17, 15) is 9.90 Å². The first-order chi connectivity index (χ1) is 8.15. The Labute approximate surface area is 96.1 Å². The minimum atomic E-state index is -0.413. The molecular weight excluding hydrogens is 218 g/mol. The van der Waals surface area contributed by atoms with Gasteiger partial charge in [-0.05, 0) is 25.1 Å². The molecule has 1 aromatic carbocycles. The highest BCUT2D eigenvalue weighted by atomic mass is 16.4. The summed E-state index contributed by atoms with van der Waals surface area (Å²) in [5.74, 6) is 0.0695. The molecule has 4 nitrogen and oxygen atoms in total. The highest BCUT2D eigenvalue weighted by Crippen LogP contribution is 2.25. The van der Waals surface area contributed by atoms with Crippen LogP contribution in [0.4, 0.5) is 0 Å². The summed E-state index contributed by atoms with van der Waals surface area (Å²) in [6, 6.07) is 6.40. The van der Waals surface area contributed by atoms with Gasteiger partial charge in [0.1, 0.15) is 11.3 Å². The fraction of sp³-hybridized carbons (Fsp3) is 0.0769. The van der Waals surface area contributed by atoms with Crippen molar-refractivity contribution in [1.29, 1.82) is 0 Å². The van der Waals surface area contributed by atoms with Crippen molar-refractivity contribution in [2.45, 2.75) is 6.92 Å². The Balaban J connectivity index is 2.60. The van der Waals surface area contributed by atoms with Crippen molar-refractivity contribution in [1.82, 2.24) is 4.98 Å². The first-order valence-corrected chi connectivity index (χ1v) is 5.17. The van der Waals surface area contributed by atoms with Crippen molar-refractivity contribution in [3.63, 3.8) is 0 Å². The van der Waals surface area contributed by atoms with E-state index in [0.29, 0.717) is 11.0 Å². The van der Waals surface area contributed by atoms with Gasteiger partial charge in [-0.25, -0.2) is 4.79 Å². The second-order valence-corrected chi connectivity index (χ2v) is 3.94. The number of aromatic hydroxyl groups is 1. The van der Waals surface area contributed by atoms with Crippen LogP contribution in [0.15, 0.2) is 39.7 Å². The van der Waals surface area contributed by atoms with Crippen molar-refractivity contribution in [2.75, 3.05) is 0 Å². The Morgan fingerprint density at radius 3 is 2.82 bits per heavy atom. The molecular formula is C13H9NO3. The van der Waals surface area contributed by atoms with Crippen LogP contribution < -0.4 is 5.63 Å². The van der Waals surface area contributed by atoms with Crippen molar-refractivity contribution >= 4 is 21.7 Å². The highest BCUT2D eigenvalue weighted by Gasteiger charge is 2.08. The van der Waals surface area contributed by atoms with E-state index >= 15 is 0 Å². The van der Waals surface area contributed by atoms with Crippen LogP contribution in [0.5, 0.6) is 5.75 Å². The molecule has 3 rings (SSSR count). The Hall–Kier alpha value is -2.36. The largest absolute Gasteiger partial charge is 0.508 e. The zero-order valence-electron chi connectivity index (χ0n) is 9.10. The van der Waals surface area contributed by atoms with Gasteiger partial charge in [0.05, 0.1) is 5.39 Å². The van der Waals surface area contributed by atoms with Crippen LogP contribution in [-0.4, -0.2) is 10.1 Å². The van der Waals surface area contributed by atoms with Gasteiger partial charge < -0.3 is 9.52 Å². The lowest BCUT2D eigenvalue weighted by Gasteiger charge is -2.02. The number of phenolic OH excluding ortho intramolecular Hbond substituents is 1. The first-order valence-electron chi connectivity index (χ1n) is 5.17. The van der Waals surface area contributed by atoms with Gasteiger partial charge in [-0.3, -0.25) is 4.98 Å². The maximum absolute atomic E-state index is 11.8. The molecule has 0 spiro atoms. The summed E-state index contributed by atoms with van der Waals surface area (Å²) in [4.78, 5) is 16.0. The standard InChI is InChI=1S/C13H9NO3/c1-7-4-10-11(6-14-7)9-3-2-8(15)5-12(9)17-13(10)16/h2-6,15H,1H3. The minimum Gasteiger partial charge on any atom is -0.508 e. The molecule has 2 aromatic heterocycles. The molecule has 3 aromatic rings. The van der Waals surface area contributed by atoms with E-state index in [0.717, 1.165) is 16.5 Å². The molecule has 0 fully saturated rings. The normalized spacial score (nSPS) is 11.1. The molecule has 0 bridgehead atoms. The SMILES string of the molecule is Cc1cc2c(=O)oc3cc(O)ccc3c2cn1. The molecule has 0 radical (unpaired) electrons. The van der Waals surface area contributed by atoms with Crippen LogP contribution in [0.25, 0.3) is 21.7 Å². The van der Waals surface area contributed by atoms with Gasteiger partial charge in [0.25, 0.3) is 0 Å². The minimum absolute atomic E-state index is 0.0695. The summed E-state index contributed by atoms with van der Waals surface area (Å²) in [7, 11) is 0. The van der Waals surface area contributed by atoms with Crippen LogP contribution in [0.1, 0.15) is 5.69 Å². The third-order valence-corrected chi connectivity index (χ3v) is 2.72. The number of aryl methyl sites for hydroxylation is 1. The van der Waals surface area contributed by atoms with Gasteiger partial charge in [-0.1, -0.05) is 0 Å². The second-order valence-electron chi connectivity index (χ2n) is 3.94. The summed E-state index contributed by atoms with van der Waals surface area (Å²) in [6.45, 7) is 1.82. The molecule has 0 amide bonds. The smallest absolute Gasteiger partial charge is 0.344 e. The molecule has 0 saturated carbocycles. The van der Waals surface area contributed by atoms with E-state index < -0.39 is 5.63 Å². The number of phenols is 1. The topological polar surface area (TPSA) is 63.3 Å². The lowest BCUT2D eigenvalue weighted by Crippen LogP contribution is -2.00. The van der Waals surface area contributed by atoms with Gasteiger partial charge in [-0.2, -0.15) is 0 Å². The number of hydrogen-bond donors (Lipinski definition) is 1. The fourth-order valence-electron chi connectivity index (χ4n) is 1.92. The maximum atomic E-state index is 11.8. The fourth-order valence-corrected chi connectivity index (χ4v) is 1.92. The number of rotatable bonds is 0. The van der Waals surface area contributed by atoms with Gasteiger partial charge in [0, 0.05) is 28.7 Å². The number of pyridine rings is 1. The van der Waals surface area contributed by atoms with Crippen molar-refractivity contribution in [2.24, 2.45) is 0 Å². The lowest BCUT2D eigenvalue weighted by molar-refractivity contribution is 0.473. The zero-order chi connectivity index (χ0) is 12.0. The predicted octanol–water partition coefficient (Wildman–Crippen LogP) is 2.36. The van der Waals surface area contributed by atoms with Crippen LogP contribution in [0.3, 0.4) is 0 Å². The Bertz CT molecular complexity index is 790. The third kappa shape index (κ3) is 1.45. The Kier molecular flexibility index (Phi) is 1.92. The average Bonchev–Trinajstić information content (AvgIpc) is 2.29.